The number of rotatable bonds is 4. The van der Waals surface area contributed by atoms with E-state index in [1.54, 1.807) is 6.07 Å². The van der Waals surface area contributed by atoms with E-state index in [2.05, 4.69) is 4.98 Å². The molecule has 4 heteroatoms. The van der Waals surface area contributed by atoms with Crippen molar-refractivity contribution in [2.45, 2.75) is 25.2 Å². The van der Waals surface area contributed by atoms with Crippen molar-refractivity contribution in [1.82, 2.24) is 4.98 Å². The first-order valence-electron chi connectivity index (χ1n) is 5.00. The quantitative estimate of drug-likeness (QED) is 0.773. The maximum Gasteiger partial charge on any atom is 0.303 e. The number of carboxylic acids is 1. The first-order valence-corrected chi connectivity index (χ1v) is 5.00. The zero-order valence-corrected chi connectivity index (χ0v) is 8.19. The summed E-state index contributed by atoms with van der Waals surface area (Å²) in [6.45, 7) is 0. The largest absolute Gasteiger partial charge is 0.481 e. The smallest absolute Gasteiger partial charge is 0.303 e. The molecule has 1 fully saturated rings. The molecule has 1 aromatic heterocycles. The summed E-state index contributed by atoms with van der Waals surface area (Å²) in [5.41, 5.74) is 0.757. The van der Waals surface area contributed by atoms with Crippen LogP contribution in [0.15, 0.2) is 18.3 Å². The Morgan fingerprint density at radius 2 is 2.40 bits per heavy atom. The fraction of sp³-hybridized carbons (Fsp3) is 0.455. The number of halogens is 1. The maximum absolute atomic E-state index is 12.9. The molecule has 0 radical (unpaired) electrons. The van der Waals surface area contributed by atoms with Gasteiger partial charge in [-0.2, -0.15) is 4.39 Å². The van der Waals surface area contributed by atoms with Crippen molar-refractivity contribution < 1.29 is 14.3 Å². The van der Waals surface area contributed by atoms with Gasteiger partial charge in [-0.1, -0.05) is 0 Å². The van der Waals surface area contributed by atoms with Crippen molar-refractivity contribution in [1.29, 1.82) is 0 Å². The van der Waals surface area contributed by atoms with Crippen LogP contribution in [0, 0.1) is 11.9 Å². The maximum atomic E-state index is 12.9. The van der Waals surface area contributed by atoms with E-state index in [0.29, 0.717) is 5.92 Å². The lowest BCUT2D eigenvalue weighted by Gasteiger charge is -2.13. The molecule has 1 aliphatic carbocycles. The number of nitrogens with zero attached hydrogens (tertiary/aromatic N) is 1. The molecular weight excluding hydrogens is 197 g/mol. The van der Waals surface area contributed by atoms with Crippen LogP contribution in [0.4, 0.5) is 4.39 Å². The standard InChI is InChI=1S/C11H12FNO2/c12-10-5-8(3-4-13-10)9(6-11(14)15)7-1-2-7/h3-5,7,9H,1-2,6H2,(H,14,15). The number of hydrogen-bond acceptors (Lipinski definition) is 2. The summed E-state index contributed by atoms with van der Waals surface area (Å²) in [5.74, 6) is -1.02. The number of hydrogen-bond donors (Lipinski definition) is 1. The molecule has 0 aromatic carbocycles. The second-order valence-electron chi connectivity index (χ2n) is 3.95. The van der Waals surface area contributed by atoms with Crippen LogP contribution in [0.1, 0.15) is 30.7 Å². The first-order chi connectivity index (χ1) is 7.16. The number of carboxylic acid groups (broad SMARTS) is 1. The molecule has 1 unspecified atom stereocenters. The van der Waals surface area contributed by atoms with Crippen LogP contribution in [-0.4, -0.2) is 16.1 Å². The molecule has 1 aromatic rings. The molecule has 0 aliphatic heterocycles. The first kappa shape index (κ1) is 10.1. The van der Waals surface area contributed by atoms with Gasteiger partial charge < -0.3 is 5.11 Å². The van der Waals surface area contributed by atoms with Crippen molar-refractivity contribution in [2.24, 2.45) is 5.92 Å². The van der Waals surface area contributed by atoms with Crippen molar-refractivity contribution in [2.75, 3.05) is 0 Å². The van der Waals surface area contributed by atoms with E-state index >= 15 is 0 Å². The highest BCUT2D eigenvalue weighted by Crippen LogP contribution is 2.44. The van der Waals surface area contributed by atoms with E-state index in [0.717, 1.165) is 18.4 Å². The van der Waals surface area contributed by atoms with Gasteiger partial charge in [-0.15, -0.1) is 0 Å². The zero-order valence-electron chi connectivity index (χ0n) is 8.19. The Balaban J connectivity index is 2.19. The van der Waals surface area contributed by atoms with E-state index < -0.39 is 11.9 Å². The fourth-order valence-corrected chi connectivity index (χ4v) is 1.89. The second kappa shape index (κ2) is 3.96. The Morgan fingerprint density at radius 3 is 2.93 bits per heavy atom. The molecule has 1 saturated carbocycles. The second-order valence-corrected chi connectivity index (χ2v) is 3.95. The minimum absolute atomic E-state index is 0.0556. The number of aromatic nitrogens is 1. The Hall–Kier alpha value is -1.45. The van der Waals surface area contributed by atoms with Gasteiger partial charge in [0, 0.05) is 6.20 Å². The van der Waals surface area contributed by atoms with Crippen LogP contribution in [0.2, 0.25) is 0 Å². The van der Waals surface area contributed by atoms with Gasteiger partial charge in [0.25, 0.3) is 0 Å². The Bertz CT molecular complexity index is 377. The van der Waals surface area contributed by atoms with Gasteiger partial charge >= 0.3 is 5.97 Å². The summed E-state index contributed by atoms with van der Waals surface area (Å²) in [5, 5.41) is 8.78. The van der Waals surface area contributed by atoms with Crippen molar-refractivity contribution in [3.8, 4) is 0 Å². The molecule has 0 bridgehead atoms. The normalized spacial score (nSPS) is 17.4. The zero-order chi connectivity index (χ0) is 10.8. The molecule has 0 spiro atoms. The Kier molecular flexibility index (Phi) is 2.66. The number of pyridine rings is 1. The van der Waals surface area contributed by atoms with Crippen LogP contribution in [0.3, 0.4) is 0 Å². The summed E-state index contributed by atoms with van der Waals surface area (Å²) >= 11 is 0. The predicted octanol–water partition coefficient (Wildman–Crippen LogP) is 2.19. The summed E-state index contributed by atoms with van der Waals surface area (Å²) < 4.78 is 12.9. The van der Waals surface area contributed by atoms with E-state index in [9.17, 15) is 9.18 Å². The van der Waals surface area contributed by atoms with E-state index in [4.69, 9.17) is 5.11 Å². The average Bonchev–Trinajstić information content (AvgIpc) is 2.97. The minimum Gasteiger partial charge on any atom is -0.481 e. The van der Waals surface area contributed by atoms with Crippen LogP contribution >= 0.6 is 0 Å². The molecule has 3 nitrogen and oxygen atoms in total. The summed E-state index contributed by atoms with van der Waals surface area (Å²) in [4.78, 5) is 14.2. The van der Waals surface area contributed by atoms with Gasteiger partial charge in [0.15, 0.2) is 0 Å². The molecule has 80 valence electrons. The molecule has 1 atom stereocenters. The topological polar surface area (TPSA) is 50.2 Å². The highest BCUT2D eigenvalue weighted by atomic mass is 19.1. The predicted molar refractivity (Wildman–Crippen MR) is 51.9 cm³/mol. The molecule has 1 aliphatic rings. The lowest BCUT2D eigenvalue weighted by atomic mass is 9.92. The average molecular weight is 209 g/mol. The van der Waals surface area contributed by atoms with Gasteiger partial charge in [-0.05, 0) is 42.4 Å². The van der Waals surface area contributed by atoms with Crippen LogP contribution in [0.5, 0.6) is 0 Å². The lowest BCUT2D eigenvalue weighted by Crippen LogP contribution is -2.08. The van der Waals surface area contributed by atoms with Gasteiger partial charge in [0.1, 0.15) is 0 Å². The molecular formula is C11H12FNO2. The summed E-state index contributed by atoms with van der Waals surface area (Å²) in [6.07, 6.45) is 3.56. The van der Waals surface area contributed by atoms with Crippen LogP contribution < -0.4 is 0 Å². The minimum atomic E-state index is -0.830. The van der Waals surface area contributed by atoms with E-state index in [-0.39, 0.29) is 12.3 Å². The molecule has 0 amide bonds. The van der Waals surface area contributed by atoms with Gasteiger partial charge in [-0.3, -0.25) is 4.79 Å². The van der Waals surface area contributed by atoms with Gasteiger partial charge in [0.05, 0.1) is 6.42 Å². The third-order valence-electron chi connectivity index (χ3n) is 2.76. The molecule has 1 N–H and O–H groups in total. The Labute approximate surface area is 87.0 Å². The molecule has 1 heterocycles. The van der Waals surface area contributed by atoms with Gasteiger partial charge in [0.2, 0.25) is 5.95 Å². The molecule has 0 saturated heterocycles. The monoisotopic (exact) mass is 209 g/mol. The van der Waals surface area contributed by atoms with Crippen LogP contribution in [-0.2, 0) is 4.79 Å². The van der Waals surface area contributed by atoms with Crippen molar-refractivity contribution in [3.05, 3.63) is 29.8 Å². The van der Waals surface area contributed by atoms with E-state index in [1.165, 1.54) is 12.3 Å². The number of aliphatic carboxylic acids is 1. The molecule has 15 heavy (non-hydrogen) atoms. The summed E-state index contributed by atoms with van der Waals surface area (Å²) in [6, 6.07) is 3.04. The van der Waals surface area contributed by atoms with Crippen molar-refractivity contribution >= 4 is 5.97 Å². The highest BCUT2D eigenvalue weighted by Gasteiger charge is 2.33. The highest BCUT2D eigenvalue weighted by molar-refractivity contribution is 5.68. The van der Waals surface area contributed by atoms with Crippen LogP contribution in [0.25, 0.3) is 0 Å². The lowest BCUT2D eigenvalue weighted by molar-refractivity contribution is -0.137. The van der Waals surface area contributed by atoms with Gasteiger partial charge in [-0.25, -0.2) is 4.98 Å². The SMILES string of the molecule is O=C(O)CC(c1ccnc(F)c1)C1CC1. The molecule has 2 rings (SSSR count). The van der Waals surface area contributed by atoms with Crippen molar-refractivity contribution in [3.63, 3.8) is 0 Å². The third-order valence-corrected chi connectivity index (χ3v) is 2.76. The van der Waals surface area contributed by atoms with E-state index in [1.807, 2.05) is 0 Å². The fourth-order valence-electron chi connectivity index (χ4n) is 1.89. The number of carbonyl (C=O) groups is 1. The summed E-state index contributed by atoms with van der Waals surface area (Å²) in [7, 11) is 0. The Morgan fingerprint density at radius 1 is 1.67 bits per heavy atom. The third kappa shape index (κ3) is 2.52.